The molecule has 0 aliphatic rings. The standard InChI is InChI=1S/C16H20O6/c1-10(2)15(18)22-9-13(17)8-21-14-6-11(3)5-12(7-14)16(19)20-4/h5-7,13,17H,1,8-9H2,2-4H3. The number of carbonyl (C=O) groups is 2. The largest absolute Gasteiger partial charge is 0.491 e. The molecule has 0 heterocycles. The van der Waals surface area contributed by atoms with E-state index in [0.717, 1.165) is 5.56 Å². The molecule has 0 aromatic heterocycles. The molecule has 6 nitrogen and oxygen atoms in total. The number of aliphatic hydroxyl groups is 1. The summed E-state index contributed by atoms with van der Waals surface area (Å²) < 4.78 is 14.9. The van der Waals surface area contributed by atoms with Crippen molar-refractivity contribution in [1.82, 2.24) is 0 Å². The third-order valence-corrected chi connectivity index (χ3v) is 2.67. The summed E-state index contributed by atoms with van der Waals surface area (Å²) in [5.74, 6) is -0.613. The summed E-state index contributed by atoms with van der Waals surface area (Å²) in [7, 11) is 1.30. The Balaban J connectivity index is 2.57. The first-order chi connectivity index (χ1) is 10.3. The second-order valence-electron chi connectivity index (χ2n) is 4.87. The van der Waals surface area contributed by atoms with Gasteiger partial charge < -0.3 is 19.3 Å². The first-order valence-corrected chi connectivity index (χ1v) is 6.67. The number of esters is 2. The van der Waals surface area contributed by atoms with E-state index >= 15 is 0 Å². The molecule has 1 N–H and O–H groups in total. The lowest BCUT2D eigenvalue weighted by Crippen LogP contribution is -2.25. The van der Waals surface area contributed by atoms with Gasteiger partial charge in [0.05, 0.1) is 12.7 Å². The van der Waals surface area contributed by atoms with Crippen LogP contribution in [-0.4, -0.2) is 43.5 Å². The van der Waals surface area contributed by atoms with Crippen molar-refractivity contribution >= 4 is 11.9 Å². The Kier molecular flexibility index (Phi) is 6.59. The average molecular weight is 308 g/mol. The van der Waals surface area contributed by atoms with Gasteiger partial charge in [0.15, 0.2) is 0 Å². The van der Waals surface area contributed by atoms with Gasteiger partial charge in [-0.05, 0) is 37.6 Å². The van der Waals surface area contributed by atoms with Crippen LogP contribution < -0.4 is 4.74 Å². The van der Waals surface area contributed by atoms with Crippen LogP contribution in [0, 0.1) is 6.92 Å². The molecule has 1 atom stereocenters. The second-order valence-corrected chi connectivity index (χ2v) is 4.87. The molecule has 6 heteroatoms. The number of hydrogen-bond donors (Lipinski definition) is 1. The van der Waals surface area contributed by atoms with Crippen molar-refractivity contribution < 1.29 is 28.9 Å². The molecule has 0 aliphatic carbocycles. The van der Waals surface area contributed by atoms with Crippen LogP contribution in [0.4, 0.5) is 0 Å². The number of methoxy groups -OCH3 is 1. The van der Waals surface area contributed by atoms with Crippen LogP contribution in [0.5, 0.6) is 5.75 Å². The van der Waals surface area contributed by atoms with Crippen LogP contribution in [0.25, 0.3) is 0 Å². The van der Waals surface area contributed by atoms with Gasteiger partial charge in [0.25, 0.3) is 0 Å². The molecule has 1 rings (SSSR count). The number of carbonyl (C=O) groups excluding carboxylic acids is 2. The van der Waals surface area contributed by atoms with E-state index in [1.807, 2.05) is 6.92 Å². The highest BCUT2D eigenvalue weighted by molar-refractivity contribution is 5.90. The van der Waals surface area contributed by atoms with Gasteiger partial charge in [-0.15, -0.1) is 0 Å². The first-order valence-electron chi connectivity index (χ1n) is 6.67. The summed E-state index contributed by atoms with van der Waals surface area (Å²) in [6.07, 6.45) is -0.981. The van der Waals surface area contributed by atoms with Gasteiger partial charge in [-0.2, -0.15) is 0 Å². The van der Waals surface area contributed by atoms with E-state index in [0.29, 0.717) is 11.3 Å². The number of ether oxygens (including phenoxy) is 3. The van der Waals surface area contributed by atoms with Crippen LogP contribution in [0.15, 0.2) is 30.4 Å². The van der Waals surface area contributed by atoms with E-state index in [-0.39, 0.29) is 18.8 Å². The van der Waals surface area contributed by atoms with Crippen molar-refractivity contribution in [1.29, 1.82) is 0 Å². The molecule has 0 amide bonds. The number of aliphatic hydroxyl groups excluding tert-OH is 1. The first kappa shape index (κ1) is 17.7. The van der Waals surface area contributed by atoms with Crippen molar-refractivity contribution in [2.24, 2.45) is 0 Å². The quantitative estimate of drug-likeness (QED) is 0.609. The highest BCUT2D eigenvalue weighted by Crippen LogP contribution is 2.18. The van der Waals surface area contributed by atoms with Crippen molar-refractivity contribution in [3.8, 4) is 5.75 Å². The number of aryl methyl sites for hydroxylation is 1. The van der Waals surface area contributed by atoms with Gasteiger partial charge >= 0.3 is 11.9 Å². The Labute approximate surface area is 129 Å². The zero-order chi connectivity index (χ0) is 16.7. The SMILES string of the molecule is C=C(C)C(=O)OCC(O)COc1cc(C)cc(C(=O)OC)c1. The summed E-state index contributed by atoms with van der Waals surface area (Å²) in [6.45, 7) is 6.50. The molecule has 0 fully saturated rings. The number of hydrogen-bond acceptors (Lipinski definition) is 6. The molecule has 0 radical (unpaired) electrons. The highest BCUT2D eigenvalue weighted by atomic mass is 16.5. The molecule has 22 heavy (non-hydrogen) atoms. The van der Waals surface area contributed by atoms with Crippen LogP contribution in [0.3, 0.4) is 0 Å². The minimum atomic E-state index is -0.981. The number of rotatable bonds is 7. The maximum Gasteiger partial charge on any atom is 0.337 e. The molecular formula is C16H20O6. The molecule has 0 aliphatic heterocycles. The summed E-state index contributed by atoms with van der Waals surface area (Å²) in [5.41, 5.74) is 1.44. The predicted molar refractivity (Wildman–Crippen MR) is 79.8 cm³/mol. The maximum absolute atomic E-state index is 11.5. The Hall–Kier alpha value is -2.34. The zero-order valence-electron chi connectivity index (χ0n) is 12.9. The monoisotopic (exact) mass is 308 g/mol. The van der Waals surface area contributed by atoms with Crippen LogP contribution >= 0.6 is 0 Å². The Morgan fingerprint density at radius 2 is 1.95 bits per heavy atom. The zero-order valence-corrected chi connectivity index (χ0v) is 12.9. The smallest absolute Gasteiger partial charge is 0.337 e. The normalized spacial score (nSPS) is 11.5. The lowest BCUT2D eigenvalue weighted by molar-refractivity contribution is -0.142. The minimum absolute atomic E-state index is 0.0759. The molecular weight excluding hydrogens is 288 g/mol. The van der Waals surface area contributed by atoms with Gasteiger partial charge in [-0.25, -0.2) is 9.59 Å². The lowest BCUT2D eigenvalue weighted by Gasteiger charge is -2.14. The Morgan fingerprint density at radius 1 is 1.27 bits per heavy atom. The molecule has 1 aromatic carbocycles. The van der Waals surface area contributed by atoms with Crippen molar-refractivity contribution in [3.63, 3.8) is 0 Å². The van der Waals surface area contributed by atoms with Crippen LogP contribution in [0.2, 0.25) is 0 Å². The van der Waals surface area contributed by atoms with E-state index in [1.54, 1.807) is 12.1 Å². The van der Waals surface area contributed by atoms with Gasteiger partial charge in [-0.3, -0.25) is 0 Å². The predicted octanol–water partition coefficient (Wildman–Crippen LogP) is 1.64. The van der Waals surface area contributed by atoms with Crippen LogP contribution in [0.1, 0.15) is 22.8 Å². The molecule has 1 aromatic rings. The van der Waals surface area contributed by atoms with Crippen LogP contribution in [-0.2, 0) is 14.3 Å². The molecule has 0 saturated carbocycles. The van der Waals surface area contributed by atoms with E-state index in [1.165, 1.54) is 20.1 Å². The fourth-order valence-corrected chi connectivity index (χ4v) is 1.60. The Bertz CT molecular complexity index is 564. The molecule has 120 valence electrons. The molecule has 0 bridgehead atoms. The fraction of sp³-hybridized carbons (Fsp3) is 0.375. The van der Waals surface area contributed by atoms with Crippen molar-refractivity contribution in [3.05, 3.63) is 41.5 Å². The molecule has 1 unspecified atom stereocenters. The molecule has 0 spiro atoms. The summed E-state index contributed by atoms with van der Waals surface area (Å²) in [5, 5.41) is 9.71. The molecule has 0 saturated heterocycles. The topological polar surface area (TPSA) is 82.1 Å². The van der Waals surface area contributed by atoms with E-state index in [9.17, 15) is 14.7 Å². The summed E-state index contributed by atoms with van der Waals surface area (Å²) in [6, 6.07) is 4.91. The van der Waals surface area contributed by atoms with E-state index in [2.05, 4.69) is 11.3 Å². The van der Waals surface area contributed by atoms with Gasteiger partial charge in [-0.1, -0.05) is 6.58 Å². The third-order valence-electron chi connectivity index (χ3n) is 2.67. The van der Waals surface area contributed by atoms with Gasteiger partial charge in [0.1, 0.15) is 25.1 Å². The number of benzene rings is 1. The van der Waals surface area contributed by atoms with Gasteiger partial charge in [0, 0.05) is 5.57 Å². The highest BCUT2D eigenvalue weighted by Gasteiger charge is 2.12. The minimum Gasteiger partial charge on any atom is -0.491 e. The van der Waals surface area contributed by atoms with E-state index in [4.69, 9.17) is 9.47 Å². The summed E-state index contributed by atoms with van der Waals surface area (Å²) >= 11 is 0. The van der Waals surface area contributed by atoms with Gasteiger partial charge in [0.2, 0.25) is 0 Å². The third kappa shape index (κ3) is 5.57. The summed E-state index contributed by atoms with van der Waals surface area (Å²) in [4.78, 5) is 22.7. The van der Waals surface area contributed by atoms with Crippen molar-refractivity contribution in [2.75, 3.05) is 20.3 Å². The maximum atomic E-state index is 11.5. The van der Waals surface area contributed by atoms with E-state index < -0.39 is 18.0 Å². The lowest BCUT2D eigenvalue weighted by atomic mass is 10.1. The Morgan fingerprint density at radius 3 is 2.55 bits per heavy atom. The fourth-order valence-electron chi connectivity index (χ4n) is 1.60. The van der Waals surface area contributed by atoms with Crippen molar-refractivity contribution in [2.45, 2.75) is 20.0 Å². The average Bonchev–Trinajstić information content (AvgIpc) is 2.48. The second kappa shape index (κ2) is 8.19.